The lowest BCUT2D eigenvalue weighted by atomic mass is 9.93. The minimum Gasteiger partial charge on any atom is -0.390 e. The number of nitrogens with one attached hydrogen (secondary N) is 1. The van der Waals surface area contributed by atoms with Crippen molar-refractivity contribution in [2.75, 3.05) is 23.3 Å². The van der Waals surface area contributed by atoms with Gasteiger partial charge in [-0.3, -0.25) is 4.98 Å². The zero-order chi connectivity index (χ0) is 24.0. The molecule has 9 heteroatoms. The van der Waals surface area contributed by atoms with E-state index in [-0.39, 0.29) is 5.56 Å². The Balaban J connectivity index is 1.68. The number of halogens is 3. The van der Waals surface area contributed by atoms with Crippen LogP contribution in [0.1, 0.15) is 56.5 Å². The highest BCUT2D eigenvalue weighted by molar-refractivity contribution is 5.92. The first-order valence-electron chi connectivity index (χ1n) is 11.0. The highest BCUT2D eigenvalue weighted by Gasteiger charge is 2.31. The minimum atomic E-state index is -3.28. The lowest BCUT2D eigenvalue weighted by Gasteiger charge is -2.37. The molecule has 1 saturated heterocycles. The molecule has 2 aromatic heterocycles. The summed E-state index contributed by atoms with van der Waals surface area (Å²) in [6.45, 7) is 7.40. The maximum Gasteiger partial charge on any atom is 0.273 e. The number of hydrogen-bond acceptors (Lipinski definition) is 6. The van der Waals surface area contributed by atoms with Gasteiger partial charge in [-0.15, -0.1) is 5.10 Å². The van der Waals surface area contributed by atoms with Crippen molar-refractivity contribution in [1.82, 2.24) is 15.2 Å². The molecule has 1 aliphatic heterocycles. The molecule has 1 aromatic carbocycles. The molecule has 4 rings (SSSR count). The number of hydrogen-bond donors (Lipinski definition) is 2. The summed E-state index contributed by atoms with van der Waals surface area (Å²) >= 11 is 0. The van der Waals surface area contributed by atoms with Crippen molar-refractivity contribution in [2.24, 2.45) is 0 Å². The fourth-order valence-corrected chi connectivity index (χ4v) is 4.18. The van der Waals surface area contributed by atoms with E-state index in [2.05, 4.69) is 25.4 Å². The van der Waals surface area contributed by atoms with Crippen LogP contribution in [0.4, 0.5) is 24.7 Å². The van der Waals surface area contributed by atoms with Crippen LogP contribution in [0.25, 0.3) is 10.9 Å². The Morgan fingerprint density at radius 3 is 2.58 bits per heavy atom. The average molecular weight is 460 g/mol. The predicted molar refractivity (Wildman–Crippen MR) is 122 cm³/mol. The molecular formula is C24H28F3N5O. The van der Waals surface area contributed by atoms with Crippen LogP contribution in [-0.4, -0.2) is 39.0 Å². The molecule has 0 spiro atoms. The second-order valence-electron chi connectivity index (χ2n) is 9.17. The van der Waals surface area contributed by atoms with Crippen molar-refractivity contribution in [3.8, 4) is 0 Å². The van der Waals surface area contributed by atoms with Crippen LogP contribution in [0.2, 0.25) is 0 Å². The number of fused-ring (bicyclic) bond motifs is 1. The van der Waals surface area contributed by atoms with Crippen LogP contribution in [0, 0.1) is 12.7 Å². The summed E-state index contributed by atoms with van der Waals surface area (Å²) in [6.07, 6.45) is 3.08. The van der Waals surface area contributed by atoms with Gasteiger partial charge in [0.15, 0.2) is 5.82 Å². The largest absolute Gasteiger partial charge is 0.390 e. The van der Waals surface area contributed by atoms with Gasteiger partial charge >= 0.3 is 0 Å². The fourth-order valence-electron chi connectivity index (χ4n) is 4.18. The quantitative estimate of drug-likeness (QED) is 0.553. The van der Waals surface area contributed by atoms with E-state index in [1.54, 1.807) is 20.0 Å². The summed E-state index contributed by atoms with van der Waals surface area (Å²) in [5.41, 5.74) is 1.00. The number of alkyl halides is 2. The lowest BCUT2D eigenvalue weighted by Crippen LogP contribution is -2.42. The summed E-state index contributed by atoms with van der Waals surface area (Å²) in [5, 5.41) is 22.5. The van der Waals surface area contributed by atoms with Crippen molar-refractivity contribution in [1.29, 1.82) is 0 Å². The zero-order valence-corrected chi connectivity index (χ0v) is 19.2. The molecule has 0 unspecified atom stereocenters. The molecule has 0 aliphatic carbocycles. The molecule has 0 radical (unpaired) electrons. The molecule has 33 heavy (non-hydrogen) atoms. The van der Waals surface area contributed by atoms with Gasteiger partial charge < -0.3 is 15.3 Å². The normalized spacial score (nSPS) is 17.3. The Labute approximate surface area is 190 Å². The van der Waals surface area contributed by atoms with E-state index in [1.165, 1.54) is 12.1 Å². The third-order valence-corrected chi connectivity index (χ3v) is 6.30. The molecule has 0 saturated carbocycles. The number of nitrogens with zero attached hydrogens (tertiary/aromatic N) is 4. The van der Waals surface area contributed by atoms with Gasteiger partial charge in [0.2, 0.25) is 0 Å². The van der Waals surface area contributed by atoms with Crippen molar-refractivity contribution in [3.05, 3.63) is 53.1 Å². The number of aryl methyl sites for hydroxylation is 1. The molecule has 0 bridgehead atoms. The summed E-state index contributed by atoms with van der Waals surface area (Å²) in [4.78, 5) is 6.73. The SMILES string of the molecule is Cc1nnc(N[C@H](C)c2cccc(C(C)(F)F)c2F)c2cc(N3CCC(C)(O)CC3)cnc12. The second kappa shape index (κ2) is 8.44. The van der Waals surface area contributed by atoms with Crippen LogP contribution >= 0.6 is 0 Å². The van der Waals surface area contributed by atoms with E-state index < -0.39 is 28.9 Å². The molecule has 3 heterocycles. The van der Waals surface area contributed by atoms with Gasteiger partial charge in [-0.1, -0.05) is 18.2 Å². The van der Waals surface area contributed by atoms with Crippen molar-refractivity contribution >= 4 is 22.4 Å². The first-order chi connectivity index (χ1) is 15.5. The predicted octanol–water partition coefficient (Wildman–Crippen LogP) is 5.11. The minimum absolute atomic E-state index is 0.118. The van der Waals surface area contributed by atoms with Gasteiger partial charge in [-0.05, 0) is 39.7 Å². The average Bonchev–Trinajstić information content (AvgIpc) is 2.75. The van der Waals surface area contributed by atoms with Crippen LogP contribution in [0.5, 0.6) is 0 Å². The molecule has 1 fully saturated rings. The maximum absolute atomic E-state index is 14.9. The van der Waals surface area contributed by atoms with Crippen molar-refractivity contribution in [3.63, 3.8) is 0 Å². The van der Waals surface area contributed by atoms with Gasteiger partial charge in [-0.2, -0.15) is 5.10 Å². The van der Waals surface area contributed by atoms with E-state index in [4.69, 9.17) is 0 Å². The Morgan fingerprint density at radius 1 is 1.21 bits per heavy atom. The van der Waals surface area contributed by atoms with Gasteiger partial charge in [0.05, 0.1) is 40.3 Å². The lowest BCUT2D eigenvalue weighted by molar-refractivity contribution is 0.0135. The van der Waals surface area contributed by atoms with Crippen LogP contribution in [0.3, 0.4) is 0 Å². The van der Waals surface area contributed by atoms with E-state index in [0.29, 0.717) is 55.3 Å². The Hall–Kier alpha value is -2.94. The third-order valence-electron chi connectivity index (χ3n) is 6.30. The number of anilines is 2. The highest BCUT2D eigenvalue weighted by Crippen LogP contribution is 2.34. The fraction of sp³-hybridized carbons (Fsp3) is 0.458. The maximum atomic E-state index is 14.9. The van der Waals surface area contributed by atoms with Gasteiger partial charge in [0, 0.05) is 31.0 Å². The molecule has 1 aliphatic rings. The van der Waals surface area contributed by atoms with Crippen LogP contribution in [-0.2, 0) is 5.92 Å². The first kappa shape index (κ1) is 23.2. The number of pyridine rings is 1. The summed E-state index contributed by atoms with van der Waals surface area (Å²) in [7, 11) is 0. The number of aliphatic hydroxyl groups is 1. The molecular weight excluding hydrogens is 431 g/mol. The smallest absolute Gasteiger partial charge is 0.273 e. The van der Waals surface area contributed by atoms with Crippen molar-refractivity contribution in [2.45, 2.75) is 58.1 Å². The Morgan fingerprint density at radius 2 is 1.91 bits per heavy atom. The zero-order valence-electron chi connectivity index (χ0n) is 19.2. The van der Waals surface area contributed by atoms with E-state index >= 15 is 0 Å². The summed E-state index contributed by atoms with van der Waals surface area (Å²) in [6, 6.07) is 5.31. The number of aromatic nitrogens is 3. The monoisotopic (exact) mass is 459 g/mol. The standard InChI is InChI=1S/C24H28F3N5O/c1-14(17-6-5-7-19(20(17)25)24(4,26)27)29-22-18-12-16(13-28-21(18)15(2)30-31-22)32-10-8-23(3,33)9-11-32/h5-7,12-14,33H,8-11H2,1-4H3,(H,29,31)/t14-/m1/s1. The highest BCUT2D eigenvalue weighted by atomic mass is 19.3. The van der Waals surface area contributed by atoms with E-state index in [9.17, 15) is 18.3 Å². The Kier molecular flexibility index (Phi) is 5.94. The molecule has 2 N–H and O–H groups in total. The molecule has 3 aromatic rings. The summed E-state index contributed by atoms with van der Waals surface area (Å²) in [5.74, 6) is -3.82. The summed E-state index contributed by atoms with van der Waals surface area (Å²) < 4.78 is 42.5. The van der Waals surface area contributed by atoms with Gasteiger partial charge in [0.25, 0.3) is 5.92 Å². The number of rotatable bonds is 5. The topological polar surface area (TPSA) is 74.2 Å². The first-order valence-corrected chi connectivity index (χ1v) is 11.0. The molecule has 176 valence electrons. The third kappa shape index (κ3) is 4.73. The van der Waals surface area contributed by atoms with Crippen LogP contribution < -0.4 is 10.2 Å². The number of benzene rings is 1. The molecule has 1 atom stereocenters. The van der Waals surface area contributed by atoms with Gasteiger partial charge in [-0.25, -0.2) is 13.2 Å². The molecule has 0 amide bonds. The Bertz CT molecular complexity index is 1170. The second-order valence-corrected chi connectivity index (χ2v) is 9.17. The van der Waals surface area contributed by atoms with Crippen molar-refractivity contribution < 1.29 is 18.3 Å². The van der Waals surface area contributed by atoms with E-state index in [1.807, 2.05) is 13.0 Å². The molecule has 6 nitrogen and oxygen atoms in total. The van der Waals surface area contributed by atoms with Gasteiger partial charge in [0.1, 0.15) is 5.82 Å². The van der Waals surface area contributed by atoms with Crippen LogP contribution in [0.15, 0.2) is 30.5 Å². The van der Waals surface area contributed by atoms with E-state index in [0.717, 1.165) is 11.8 Å². The number of piperidine rings is 1.